The second kappa shape index (κ2) is 5.08. The molecule has 102 valence electrons. The summed E-state index contributed by atoms with van der Waals surface area (Å²) in [5.74, 6) is -0.114. The fraction of sp³-hybridized carbons (Fsp3) is 0.143. The molecule has 1 aromatic carbocycles. The Morgan fingerprint density at radius 1 is 1.35 bits per heavy atom. The molecule has 20 heavy (non-hydrogen) atoms. The molecule has 0 aliphatic rings. The molecule has 2 heterocycles. The number of benzene rings is 1. The number of aromatic carboxylic acids is 1. The Morgan fingerprint density at radius 2 is 2.25 bits per heavy atom. The molecular weight excluding hydrogens is 260 g/mol. The number of aromatic nitrogens is 1. The maximum atomic E-state index is 10.9. The highest BCUT2D eigenvalue weighted by Gasteiger charge is 2.09. The van der Waals surface area contributed by atoms with E-state index >= 15 is 0 Å². The number of oxazole rings is 1. The minimum Gasteiger partial charge on any atom is -0.478 e. The monoisotopic (exact) mass is 272 g/mol. The van der Waals surface area contributed by atoms with E-state index in [4.69, 9.17) is 13.9 Å². The average Bonchev–Trinajstić information content (AvgIpc) is 3.06. The van der Waals surface area contributed by atoms with Crippen molar-refractivity contribution in [3.05, 3.63) is 47.9 Å². The van der Waals surface area contributed by atoms with Gasteiger partial charge in [0.05, 0.1) is 11.8 Å². The van der Waals surface area contributed by atoms with Gasteiger partial charge in [0.1, 0.15) is 11.3 Å². The third kappa shape index (κ3) is 2.49. The van der Waals surface area contributed by atoms with Crippen LogP contribution in [-0.4, -0.2) is 22.6 Å². The second-order valence-electron chi connectivity index (χ2n) is 4.26. The minimum absolute atomic E-state index is 0.177. The van der Waals surface area contributed by atoms with Crippen LogP contribution in [0.25, 0.3) is 11.1 Å². The Kier molecular flexibility index (Phi) is 3.12. The van der Waals surface area contributed by atoms with Crippen LogP contribution in [0, 0.1) is 0 Å². The van der Waals surface area contributed by atoms with Crippen LogP contribution in [0.2, 0.25) is 0 Å². The third-order valence-corrected chi connectivity index (χ3v) is 2.86. The number of anilines is 1. The number of hydrogen-bond acceptors (Lipinski definition) is 5. The summed E-state index contributed by atoms with van der Waals surface area (Å²) in [5.41, 5.74) is 1.25. The number of furan rings is 1. The van der Waals surface area contributed by atoms with E-state index in [-0.39, 0.29) is 5.56 Å². The SMILES string of the molecule is O=C(O)c1ccc2nc(NCCc3ccco3)oc2c1. The van der Waals surface area contributed by atoms with Crippen LogP contribution in [0.3, 0.4) is 0 Å². The number of nitrogens with zero attached hydrogens (tertiary/aromatic N) is 1. The molecule has 0 saturated heterocycles. The first kappa shape index (κ1) is 12.3. The van der Waals surface area contributed by atoms with Crippen LogP contribution in [0.1, 0.15) is 16.1 Å². The summed E-state index contributed by atoms with van der Waals surface area (Å²) in [6, 6.07) is 8.69. The molecule has 6 nitrogen and oxygen atoms in total. The highest BCUT2D eigenvalue weighted by atomic mass is 16.4. The number of nitrogens with one attached hydrogen (secondary N) is 1. The molecule has 0 radical (unpaired) electrons. The van der Waals surface area contributed by atoms with Gasteiger partial charge in [0.15, 0.2) is 5.58 Å². The van der Waals surface area contributed by atoms with E-state index in [1.807, 2.05) is 12.1 Å². The Hall–Kier alpha value is -2.76. The van der Waals surface area contributed by atoms with Gasteiger partial charge in [-0.25, -0.2) is 4.79 Å². The summed E-state index contributed by atoms with van der Waals surface area (Å²) < 4.78 is 10.7. The maximum absolute atomic E-state index is 10.9. The summed E-state index contributed by atoms with van der Waals surface area (Å²) in [6.45, 7) is 0.617. The van der Waals surface area contributed by atoms with E-state index in [2.05, 4.69) is 10.3 Å². The fourth-order valence-electron chi connectivity index (χ4n) is 1.88. The molecule has 0 amide bonds. The van der Waals surface area contributed by atoms with Crippen molar-refractivity contribution in [2.75, 3.05) is 11.9 Å². The van der Waals surface area contributed by atoms with Gasteiger partial charge < -0.3 is 19.3 Å². The predicted molar refractivity (Wildman–Crippen MR) is 71.9 cm³/mol. The van der Waals surface area contributed by atoms with Gasteiger partial charge in [-0.15, -0.1) is 0 Å². The minimum atomic E-state index is -0.990. The van der Waals surface area contributed by atoms with Crippen molar-refractivity contribution in [3.8, 4) is 0 Å². The number of fused-ring (bicyclic) bond motifs is 1. The van der Waals surface area contributed by atoms with E-state index in [0.717, 1.165) is 5.76 Å². The second-order valence-corrected chi connectivity index (χ2v) is 4.26. The van der Waals surface area contributed by atoms with Gasteiger partial charge in [0, 0.05) is 13.0 Å². The fourth-order valence-corrected chi connectivity index (χ4v) is 1.88. The first-order valence-corrected chi connectivity index (χ1v) is 6.12. The summed E-state index contributed by atoms with van der Waals surface area (Å²) >= 11 is 0. The van der Waals surface area contributed by atoms with Crippen molar-refractivity contribution in [2.45, 2.75) is 6.42 Å². The summed E-state index contributed by atoms with van der Waals surface area (Å²) in [7, 11) is 0. The van der Waals surface area contributed by atoms with Crippen LogP contribution >= 0.6 is 0 Å². The van der Waals surface area contributed by atoms with Gasteiger partial charge >= 0.3 is 5.97 Å². The van der Waals surface area contributed by atoms with Gasteiger partial charge in [-0.3, -0.25) is 0 Å². The summed E-state index contributed by atoms with van der Waals surface area (Å²) in [6.07, 6.45) is 2.34. The first-order chi connectivity index (χ1) is 9.72. The Balaban J connectivity index is 1.70. The topological polar surface area (TPSA) is 88.5 Å². The van der Waals surface area contributed by atoms with Gasteiger partial charge in [0.25, 0.3) is 6.01 Å². The van der Waals surface area contributed by atoms with E-state index in [0.29, 0.717) is 30.1 Å². The molecular formula is C14H12N2O4. The lowest BCUT2D eigenvalue weighted by atomic mass is 10.2. The van der Waals surface area contributed by atoms with Crippen LogP contribution < -0.4 is 5.32 Å². The summed E-state index contributed by atoms with van der Waals surface area (Å²) in [4.78, 5) is 15.1. The van der Waals surface area contributed by atoms with Crippen molar-refractivity contribution in [1.29, 1.82) is 0 Å². The molecule has 0 aliphatic heterocycles. The molecule has 0 aliphatic carbocycles. The van der Waals surface area contributed by atoms with Gasteiger partial charge in [-0.1, -0.05) is 0 Å². The van der Waals surface area contributed by atoms with Crippen molar-refractivity contribution in [2.24, 2.45) is 0 Å². The zero-order valence-corrected chi connectivity index (χ0v) is 10.5. The smallest absolute Gasteiger partial charge is 0.335 e. The molecule has 0 spiro atoms. The number of carboxylic acids is 1. The molecule has 2 aromatic heterocycles. The lowest BCUT2D eigenvalue weighted by molar-refractivity contribution is 0.0697. The van der Waals surface area contributed by atoms with Crippen molar-refractivity contribution in [1.82, 2.24) is 4.98 Å². The maximum Gasteiger partial charge on any atom is 0.335 e. The molecule has 3 rings (SSSR count). The Labute approximate surface area is 114 Å². The lowest BCUT2D eigenvalue weighted by Crippen LogP contribution is -2.04. The quantitative estimate of drug-likeness (QED) is 0.742. The molecule has 0 fully saturated rings. The number of carboxylic acid groups (broad SMARTS) is 1. The Morgan fingerprint density at radius 3 is 3.00 bits per heavy atom. The highest BCUT2D eigenvalue weighted by molar-refractivity contribution is 5.92. The van der Waals surface area contributed by atoms with Crippen molar-refractivity contribution in [3.63, 3.8) is 0 Å². The van der Waals surface area contributed by atoms with E-state index in [1.54, 1.807) is 12.3 Å². The van der Waals surface area contributed by atoms with E-state index < -0.39 is 5.97 Å². The number of hydrogen-bond donors (Lipinski definition) is 2. The van der Waals surface area contributed by atoms with Gasteiger partial charge in [-0.05, 0) is 30.3 Å². The molecule has 6 heteroatoms. The molecule has 0 unspecified atom stereocenters. The molecule has 3 aromatic rings. The Bertz CT molecular complexity index is 731. The lowest BCUT2D eigenvalue weighted by Gasteiger charge is -1.98. The van der Waals surface area contributed by atoms with Gasteiger partial charge in [0.2, 0.25) is 0 Å². The van der Waals surface area contributed by atoms with Crippen LogP contribution in [-0.2, 0) is 6.42 Å². The first-order valence-electron chi connectivity index (χ1n) is 6.12. The van der Waals surface area contributed by atoms with E-state index in [9.17, 15) is 4.79 Å². The van der Waals surface area contributed by atoms with E-state index in [1.165, 1.54) is 12.1 Å². The van der Waals surface area contributed by atoms with Gasteiger partial charge in [-0.2, -0.15) is 4.98 Å². The number of carbonyl (C=O) groups is 1. The summed E-state index contributed by atoms with van der Waals surface area (Å²) in [5, 5.41) is 11.9. The third-order valence-electron chi connectivity index (χ3n) is 2.86. The molecule has 0 saturated carbocycles. The molecule has 0 atom stereocenters. The highest BCUT2D eigenvalue weighted by Crippen LogP contribution is 2.20. The zero-order chi connectivity index (χ0) is 13.9. The van der Waals surface area contributed by atoms with Crippen molar-refractivity contribution >= 4 is 23.1 Å². The van der Waals surface area contributed by atoms with Crippen LogP contribution in [0.4, 0.5) is 6.01 Å². The number of rotatable bonds is 5. The molecule has 0 bridgehead atoms. The predicted octanol–water partition coefficient (Wildman–Crippen LogP) is 2.77. The van der Waals surface area contributed by atoms with Crippen molar-refractivity contribution < 1.29 is 18.7 Å². The van der Waals surface area contributed by atoms with Crippen LogP contribution in [0.5, 0.6) is 0 Å². The normalized spacial score (nSPS) is 10.8. The standard InChI is InChI=1S/C14H12N2O4/c17-13(18)9-3-4-11-12(8-9)20-14(16-11)15-6-5-10-2-1-7-19-10/h1-4,7-8H,5-6H2,(H,15,16)(H,17,18). The molecule has 2 N–H and O–H groups in total. The van der Waals surface area contributed by atoms with Crippen LogP contribution in [0.15, 0.2) is 45.4 Å². The zero-order valence-electron chi connectivity index (χ0n) is 10.5. The average molecular weight is 272 g/mol. The largest absolute Gasteiger partial charge is 0.478 e.